The van der Waals surface area contributed by atoms with E-state index >= 15 is 0 Å². The maximum atomic E-state index is 11.7. The van der Waals surface area contributed by atoms with Crippen LogP contribution in [0, 0.1) is 0 Å². The van der Waals surface area contributed by atoms with Gasteiger partial charge in [0.2, 0.25) is 0 Å². The standard InChI is InChI=1S/C14H13NO2/c16-14(15-10-6-1-2-7-11-15)17-12-13-8-4-3-5-9-13/h1-11H,12H2. The first-order chi connectivity index (χ1) is 8.36. The summed E-state index contributed by atoms with van der Waals surface area (Å²) < 4.78 is 5.18. The molecule has 1 aromatic rings. The van der Waals surface area contributed by atoms with E-state index < -0.39 is 0 Å². The number of carbonyl (C=O) groups is 1. The molecule has 0 unspecified atom stereocenters. The van der Waals surface area contributed by atoms with Crippen molar-refractivity contribution in [1.82, 2.24) is 4.90 Å². The third-order valence-electron chi connectivity index (χ3n) is 2.24. The average Bonchev–Trinajstić information content (AvgIpc) is 2.66. The van der Waals surface area contributed by atoms with Crippen molar-refractivity contribution < 1.29 is 9.53 Å². The molecule has 2 rings (SSSR count). The topological polar surface area (TPSA) is 29.5 Å². The highest BCUT2D eigenvalue weighted by molar-refractivity contribution is 5.70. The molecule has 0 bridgehead atoms. The van der Waals surface area contributed by atoms with E-state index in [0.717, 1.165) is 5.56 Å². The van der Waals surface area contributed by atoms with Crippen LogP contribution in [-0.4, -0.2) is 11.0 Å². The summed E-state index contributed by atoms with van der Waals surface area (Å²) in [6.07, 6.45) is 10.2. The van der Waals surface area contributed by atoms with Gasteiger partial charge in [-0.25, -0.2) is 4.79 Å². The second-order valence-electron chi connectivity index (χ2n) is 3.52. The predicted molar refractivity (Wildman–Crippen MR) is 65.9 cm³/mol. The van der Waals surface area contributed by atoms with Crippen LogP contribution in [0.3, 0.4) is 0 Å². The molecule has 3 nitrogen and oxygen atoms in total. The fourth-order valence-electron chi connectivity index (χ4n) is 1.38. The van der Waals surface area contributed by atoms with Crippen LogP contribution in [0.4, 0.5) is 4.79 Å². The monoisotopic (exact) mass is 227 g/mol. The summed E-state index contributed by atoms with van der Waals surface area (Å²) in [5.41, 5.74) is 0.974. The first-order valence-electron chi connectivity index (χ1n) is 5.37. The molecule has 0 fully saturated rings. The van der Waals surface area contributed by atoms with Gasteiger partial charge in [0.25, 0.3) is 0 Å². The zero-order chi connectivity index (χ0) is 11.9. The van der Waals surface area contributed by atoms with Crippen molar-refractivity contribution in [2.45, 2.75) is 6.61 Å². The maximum absolute atomic E-state index is 11.7. The molecular weight excluding hydrogens is 214 g/mol. The summed E-state index contributed by atoms with van der Waals surface area (Å²) in [5, 5.41) is 0. The third kappa shape index (κ3) is 3.34. The minimum atomic E-state index is -0.384. The van der Waals surface area contributed by atoms with Crippen LogP contribution >= 0.6 is 0 Å². The van der Waals surface area contributed by atoms with Crippen molar-refractivity contribution in [3.05, 3.63) is 72.6 Å². The van der Waals surface area contributed by atoms with Gasteiger partial charge in [0.1, 0.15) is 6.61 Å². The lowest BCUT2D eigenvalue weighted by atomic mass is 10.2. The molecule has 0 radical (unpaired) electrons. The number of rotatable bonds is 2. The van der Waals surface area contributed by atoms with Crippen LogP contribution in [-0.2, 0) is 11.3 Å². The second-order valence-corrected chi connectivity index (χ2v) is 3.52. The number of allylic oxidation sites excluding steroid dienone is 4. The molecule has 0 N–H and O–H groups in total. The number of nitrogens with zero attached hydrogens (tertiary/aromatic N) is 1. The van der Waals surface area contributed by atoms with Gasteiger partial charge < -0.3 is 4.74 Å². The Hall–Kier alpha value is -2.29. The highest BCUT2D eigenvalue weighted by Crippen LogP contribution is 2.05. The van der Waals surface area contributed by atoms with Crippen LogP contribution in [0.1, 0.15) is 5.56 Å². The quantitative estimate of drug-likeness (QED) is 0.776. The Morgan fingerprint density at radius 1 is 1.00 bits per heavy atom. The Bertz CT molecular complexity index is 444. The van der Waals surface area contributed by atoms with Gasteiger partial charge in [0.05, 0.1) is 0 Å². The maximum Gasteiger partial charge on any atom is 0.418 e. The van der Waals surface area contributed by atoms with Crippen LogP contribution in [0.25, 0.3) is 0 Å². The SMILES string of the molecule is O=C(OCc1ccccc1)N1C=CC=CC=C1. The Kier molecular flexibility index (Phi) is 3.76. The van der Waals surface area contributed by atoms with Gasteiger partial charge in [-0.1, -0.05) is 42.5 Å². The van der Waals surface area contributed by atoms with Crippen LogP contribution in [0.15, 0.2) is 67.0 Å². The lowest BCUT2D eigenvalue weighted by molar-refractivity contribution is 0.121. The van der Waals surface area contributed by atoms with Gasteiger partial charge in [-0.05, 0) is 17.7 Å². The van der Waals surface area contributed by atoms with Crippen molar-refractivity contribution in [3.8, 4) is 0 Å². The number of benzene rings is 1. The van der Waals surface area contributed by atoms with E-state index in [0.29, 0.717) is 0 Å². The summed E-state index contributed by atoms with van der Waals surface area (Å²) >= 11 is 0. The molecule has 86 valence electrons. The molecule has 17 heavy (non-hydrogen) atoms. The fourth-order valence-corrected chi connectivity index (χ4v) is 1.38. The number of ether oxygens (including phenoxy) is 1. The predicted octanol–water partition coefficient (Wildman–Crippen LogP) is 3.22. The van der Waals surface area contributed by atoms with Gasteiger partial charge in [-0.3, -0.25) is 4.90 Å². The molecule has 0 saturated heterocycles. The van der Waals surface area contributed by atoms with Crippen LogP contribution in [0.5, 0.6) is 0 Å². The largest absolute Gasteiger partial charge is 0.444 e. The summed E-state index contributed by atoms with van der Waals surface area (Å²) in [6, 6.07) is 9.60. The summed E-state index contributed by atoms with van der Waals surface area (Å²) in [5.74, 6) is 0. The number of hydrogen-bond acceptors (Lipinski definition) is 2. The lowest BCUT2D eigenvalue weighted by Gasteiger charge is -2.12. The van der Waals surface area contributed by atoms with Crippen LogP contribution < -0.4 is 0 Å². The van der Waals surface area contributed by atoms with E-state index in [1.54, 1.807) is 24.6 Å². The Labute approximate surface area is 100 Å². The lowest BCUT2D eigenvalue weighted by Crippen LogP contribution is -2.20. The molecular formula is C14H13NO2. The number of carbonyl (C=O) groups excluding carboxylic acids is 1. The summed E-state index contributed by atoms with van der Waals surface area (Å²) in [7, 11) is 0. The molecule has 1 aliphatic rings. The molecule has 0 spiro atoms. The van der Waals surface area contributed by atoms with E-state index in [1.807, 2.05) is 42.5 Å². The fraction of sp³-hybridized carbons (Fsp3) is 0.0714. The number of hydrogen-bond donors (Lipinski definition) is 0. The summed E-state index contributed by atoms with van der Waals surface area (Å²) in [6.45, 7) is 0.283. The zero-order valence-electron chi connectivity index (χ0n) is 9.32. The smallest absolute Gasteiger partial charge is 0.418 e. The first-order valence-corrected chi connectivity index (χ1v) is 5.37. The van der Waals surface area contributed by atoms with E-state index in [4.69, 9.17) is 4.74 Å². The van der Waals surface area contributed by atoms with Crippen LogP contribution in [0.2, 0.25) is 0 Å². The molecule has 1 aromatic carbocycles. The van der Waals surface area contributed by atoms with Gasteiger partial charge in [0, 0.05) is 12.4 Å². The normalized spacial score (nSPS) is 13.5. The Morgan fingerprint density at radius 3 is 2.29 bits per heavy atom. The van der Waals surface area contributed by atoms with Crippen molar-refractivity contribution in [3.63, 3.8) is 0 Å². The van der Waals surface area contributed by atoms with Gasteiger partial charge >= 0.3 is 6.09 Å². The first kappa shape index (κ1) is 11.2. The van der Waals surface area contributed by atoms with Gasteiger partial charge in [-0.15, -0.1) is 0 Å². The second kappa shape index (κ2) is 5.70. The molecule has 0 atom stereocenters. The number of amides is 1. The minimum absolute atomic E-state index is 0.283. The minimum Gasteiger partial charge on any atom is -0.444 e. The Morgan fingerprint density at radius 2 is 1.65 bits per heavy atom. The zero-order valence-corrected chi connectivity index (χ0v) is 9.32. The van der Waals surface area contributed by atoms with E-state index in [-0.39, 0.29) is 12.7 Å². The average molecular weight is 227 g/mol. The molecule has 1 aliphatic heterocycles. The molecule has 0 aromatic heterocycles. The third-order valence-corrected chi connectivity index (χ3v) is 2.24. The highest BCUT2D eigenvalue weighted by Gasteiger charge is 2.09. The van der Waals surface area contributed by atoms with Gasteiger partial charge in [-0.2, -0.15) is 0 Å². The molecule has 1 amide bonds. The van der Waals surface area contributed by atoms with E-state index in [9.17, 15) is 4.79 Å². The van der Waals surface area contributed by atoms with Crippen molar-refractivity contribution in [2.24, 2.45) is 0 Å². The molecule has 0 aliphatic carbocycles. The van der Waals surface area contributed by atoms with Gasteiger partial charge in [0.15, 0.2) is 0 Å². The highest BCUT2D eigenvalue weighted by atomic mass is 16.6. The molecule has 3 heteroatoms. The van der Waals surface area contributed by atoms with E-state index in [2.05, 4.69) is 0 Å². The molecule has 1 heterocycles. The van der Waals surface area contributed by atoms with Crippen molar-refractivity contribution >= 4 is 6.09 Å². The Balaban J connectivity index is 1.89. The summed E-state index contributed by atoms with van der Waals surface area (Å²) in [4.78, 5) is 13.1. The van der Waals surface area contributed by atoms with E-state index in [1.165, 1.54) is 4.90 Å². The molecule has 0 saturated carbocycles. The van der Waals surface area contributed by atoms with Crippen molar-refractivity contribution in [1.29, 1.82) is 0 Å². The van der Waals surface area contributed by atoms with Crippen molar-refractivity contribution in [2.75, 3.05) is 0 Å².